The van der Waals surface area contributed by atoms with Crippen LogP contribution in [0.5, 0.6) is 0 Å². The van der Waals surface area contributed by atoms with E-state index in [1.54, 1.807) is 6.20 Å². The SMILES string of the molecule is N[C@@H](CCO)c1ccc(Br)cn1. The topological polar surface area (TPSA) is 59.1 Å². The average molecular weight is 231 g/mol. The van der Waals surface area contributed by atoms with Gasteiger partial charge in [-0.2, -0.15) is 0 Å². The van der Waals surface area contributed by atoms with Crippen molar-refractivity contribution < 1.29 is 5.11 Å². The Bertz CT molecular complexity index is 237. The molecule has 4 heteroatoms. The van der Waals surface area contributed by atoms with Crippen molar-refractivity contribution in [3.05, 3.63) is 28.5 Å². The van der Waals surface area contributed by atoms with E-state index in [9.17, 15) is 0 Å². The summed E-state index contributed by atoms with van der Waals surface area (Å²) < 4.78 is 0.933. The van der Waals surface area contributed by atoms with Gasteiger partial charge in [-0.3, -0.25) is 4.98 Å². The van der Waals surface area contributed by atoms with Gasteiger partial charge in [-0.25, -0.2) is 0 Å². The van der Waals surface area contributed by atoms with E-state index < -0.39 is 0 Å². The first-order chi connectivity index (χ1) is 5.74. The smallest absolute Gasteiger partial charge is 0.0572 e. The molecule has 3 N–H and O–H groups in total. The second-order valence-electron chi connectivity index (χ2n) is 2.52. The summed E-state index contributed by atoms with van der Waals surface area (Å²) in [6.45, 7) is 0.0961. The number of nitrogens with two attached hydrogens (primary N) is 1. The predicted octanol–water partition coefficient (Wildman–Crippen LogP) is 1.23. The Morgan fingerprint density at radius 3 is 2.83 bits per heavy atom. The van der Waals surface area contributed by atoms with Crippen LogP contribution < -0.4 is 5.73 Å². The quantitative estimate of drug-likeness (QED) is 0.822. The summed E-state index contributed by atoms with van der Waals surface area (Å²) >= 11 is 3.28. The average Bonchev–Trinajstić information content (AvgIpc) is 2.06. The van der Waals surface area contributed by atoms with Crippen LogP contribution >= 0.6 is 15.9 Å². The summed E-state index contributed by atoms with van der Waals surface area (Å²) in [7, 11) is 0. The number of hydrogen-bond donors (Lipinski definition) is 2. The first-order valence-electron chi connectivity index (χ1n) is 3.72. The number of aliphatic hydroxyl groups excluding tert-OH is 1. The van der Waals surface area contributed by atoms with E-state index in [-0.39, 0.29) is 12.6 Å². The summed E-state index contributed by atoms with van der Waals surface area (Å²) in [6, 6.07) is 3.58. The second-order valence-corrected chi connectivity index (χ2v) is 3.44. The van der Waals surface area contributed by atoms with Gasteiger partial charge in [0.2, 0.25) is 0 Å². The third-order valence-electron chi connectivity index (χ3n) is 1.57. The number of aliphatic hydroxyl groups is 1. The van der Waals surface area contributed by atoms with Gasteiger partial charge < -0.3 is 10.8 Å². The van der Waals surface area contributed by atoms with E-state index in [2.05, 4.69) is 20.9 Å². The lowest BCUT2D eigenvalue weighted by Gasteiger charge is -2.08. The van der Waals surface area contributed by atoms with Crippen molar-refractivity contribution in [2.24, 2.45) is 5.73 Å². The van der Waals surface area contributed by atoms with Gasteiger partial charge in [-0.1, -0.05) is 0 Å². The lowest BCUT2D eigenvalue weighted by molar-refractivity contribution is 0.275. The molecule has 0 saturated carbocycles. The molecular weight excluding hydrogens is 220 g/mol. The van der Waals surface area contributed by atoms with E-state index in [0.29, 0.717) is 6.42 Å². The minimum Gasteiger partial charge on any atom is -0.396 e. The summed E-state index contributed by atoms with van der Waals surface area (Å²) in [5.41, 5.74) is 6.53. The van der Waals surface area contributed by atoms with Crippen molar-refractivity contribution in [1.29, 1.82) is 0 Å². The Morgan fingerprint density at radius 2 is 2.33 bits per heavy atom. The van der Waals surface area contributed by atoms with Gasteiger partial charge in [0.25, 0.3) is 0 Å². The highest BCUT2D eigenvalue weighted by molar-refractivity contribution is 9.10. The van der Waals surface area contributed by atoms with Crippen molar-refractivity contribution >= 4 is 15.9 Å². The molecular formula is C8H11BrN2O. The maximum Gasteiger partial charge on any atom is 0.0572 e. The highest BCUT2D eigenvalue weighted by Gasteiger charge is 2.05. The van der Waals surface area contributed by atoms with Gasteiger partial charge >= 0.3 is 0 Å². The van der Waals surface area contributed by atoms with Crippen LogP contribution in [0.2, 0.25) is 0 Å². The van der Waals surface area contributed by atoms with E-state index in [1.807, 2.05) is 12.1 Å². The molecule has 12 heavy (non-hydrogen) atoms. The minimum absolute atomic E-state index is 0.0961. The highest BCUT2D eigenvalue weighted by Crippen LogP contribution is 2.13. The number of halogens is 1. The van der Waals surface area contributed by atoms with Crippen molar-refractivity contribution in [2.75, 3.05) is 6.61 Å². The number of hydrogen-bond acceptors (Lipinski definition) is 3. The maximum atomic E-state index is 8.64. The van der Waals surface area contributed by atoms with Gasteiger partial charge in [-0.05, 0) is 34.5 Å². The van der Waals surface area contributed by atoms with Crippen LogP contribution in [0, 0.1) is 0 Å². The van der Waals surface area contributed by atoms with E-state index >= 15 is 0 Å². The van der Waals surface area contributed by atoms with Gasteiger partial charge in [0.15, 0.2) is 0 Å². The fourth-order valence-electron chi connectivity index (χ4n) is 0.894. The summed E-state index contributed by atoms with van der Waals surface area (Å²) in [5, 5.41) is 8.64. The molecule has 0 aromatic carbocycles. The standard InChI is InChI=1S/C8H11BrN2O/c9-6-1-2-8(11-5-6)7(10)3-4-12/h1-2,5,7,12H,3-4,10H2/t7-/m0/s1. The third-order valence-corrected chi connectivity index (χ3v) is 2.04. The lowest BCUT2D eigenvalue weighted by atomic mass is 10.1. The van der Waals surface area contributed by atoms with Crippen LogP contribution in [0.4, 0.5) is 0 Å². The first kappa shape index (κ1) is 9.64. The number of nitrogens with zero attached hydrogens (tertiary/aromatic N) is 1. The third kappa shape index (κ3) is 2.55. The molecule has 0 saturated heterocycles. The van der Waals surface area contributed by atoms with Crippen LogP contribution in [0.1, 0.15) is 18.2 Å². The summed E-state index contributed by atoms with van der Waals surface area (Å²) in [4.78, 5) is 4.11. The van der Waals surface area contributed by atoms with Crippen molar-refractivity contribution in [3.8, 4) is 0 Å². The van der Waals surface area contributed by atoms with Gasteiger partial charge in [0.05, 0.1) is 5.69 Å². The molecule has 3 nitrogen and oxygen atoms in total. The Labute approximate surface area is 79.7 Å². The fraction of sp³-hybridized carbons (Fsp3) is 0.375. The van der Waals surface area contributed by atoms with Crippen molar-refractivity contribution in [2.45, 2.75) is 12.5 Å². The van der Waals surface area contributed by atoms with Crippen LogP contribution in [0.25, 0.3) is 0 Å². The highest BCUT2D eigenvalue weighted by atomic mass is 79.9. The zero-order valence-corrected chi connectivity index (χ0v) is 8.16. The van der Waals surface area contributed by atoms with Crippen LogP contribution in [0.15, 0.2) is 22.8 Å². The Kier molecular flexibility index (Phi) is 3.65. The largest absolute Gasteiger partial charge is 0.396 e. The van der Waals surface area contributed by atoms with Crippen LogP contribution in [-0.2, 0) is 0 Å². The van der Waals surface area contributed by atoms with Gasteiger partial charge in [-0.15, -0.1) is 0 Å². The number of pyridine rings is 1. The normalized spacial score (nSPS) is 12.9. The molecule has 0 bridgehead atoms. The maximum absolute atomic E-state index is 8.64. The molecule has 0 aliphatic carbocycles. The molecule has 0 unspecified atom stereocenters. The molecule has 0 aliphatic heterocycles. The monoisotopic (exact) mass is 230 g/mol. The Balaban J connectivity index is 2.68. The fourth-order valence-corrected chi connectivity index (χ4v) is 1.13. The zero-order chi connectivity index (χ0) is 8.97. The van der Waals surface area contributed by atoms with Gasteiger partial charge in [0.1, 0.15) is 0 Å². The molecule has 0 fully saturated rings. The molecule has 1 aromatic rings. The molecule has 0 amide bonds. The van der Waals surface area contributed by atoms with E-state index in [4.69, 9.17) is 10.8 Å². The summed E-state index contributed by atoms with van der Waals surface area (Å²) in [6.07, 6.45) is 2.25. The van der Waals surface area contributed by atoms with E-state index in [1.165, 1.54) is 0 Å². The molecule has 0 radical (unpaired) electrons. The molecule has 66 valence electrons. The Morgan fingerprint density at radius 1 is 1.58 bits per heavy atom. The number of rotatable bonds is 3. The first-order valence-corrected chi connectivity index (χ1v) is 4.51. The van der Waals surface area contributed by atoms with Crippen LogP contribution in [-0.4, -0.2) is 16.7 Å². The zero-order valence-electron chi connectivity index (χ0n) is 6.57. The molecule has 1 atom stereocenters. The molecule has 1 aromatic heterocycles. The number of aromatic nitrogens is 1. The molecule has 0 aliphatic rings. The lowest BCUT2D eigenvalue weighted by Crippen LogP contribution is -2.13. The molecule has 1 rings (SSSR count). The van der Waals surface area contributed by atoms with Crippen LogP contribution in [0.3, 0.4) is 0 Å². The molecule has 1 heterocycles. The van der Waals surface area contributed by atoms with E-state index in [0.717, 1.165) is 10.2 Å². The predicted molar refractivity (Wildman–Crippen MR) is 50.6 cm³/mol. The van der Waals surface area contributed by atoms with Crippen molar-refractivity contribution in [3.63, 3.8) is 0 Å². The van der Waals surface area contributed by atoms with Gasteiger partial charge in [0, 0.05) is 23.3 Å². The summed E-state index contributed by atoms with van der Waals surface area (Å²) in [5.74, 6) is 0. The van der Waals surface area contributed by atoms with Crippen molar-refractivity contribution in [1.82, 2.24) is 4.98 Å². The minimum atomic E-state index is -0.164. The second kappa shape index (κ2) is 4.54. The molecule has 0 spiro atoms. The Hall–Kier alpha value is -0.450.